The summed E-state index contributed by atoms with van der Waals surface area (Å²) in [6, 6.07) is 7.41. The summed E-state index contributed by atoms with van der Waals surface area (Å²) in [6.07, 6.45) is 4.87. The number of hydrogen-bond acceptors (Lipinski definition) is 5. The Balaban J connectivity index is 1.74. The first-order valence-corrected chi connectivity index (χ1v) is 10.00. The molecule has 1 aromatic carbocycles. The van der Waals surface area contributed by atoms with E-state index in [-0.39, 0.29) is 5.56 Å². The molecule has 1 saturated heterocycles. The van der Waals surface area contributed by atoms with Gasteiger partial charge in [-0.25, -0.2) is 4.98 Å². The highest BCUT2D eigenvalue weighted by Crippen LogP contribution is 2.36. The normalized spacial score (nSPS) is 16.4. The van der Waals surface area contributed by atoms with E-state index in [4.69, 9.17) is 9.47 Å². The second-order valence-corrected chi connectivity index (χ2v) is 7.36. The van der Waals surface area contributed by atoms with Crippen molar-refractivity contribution in [1.29, 1.82) is 0 Å². The molecule has 156 valence electrons. The van der Waals surface area contributed by atoms with Crippen LogP contribution in [0, 0.1) is 5.95 Å². The van der Waals surface area contributed by atoms with E-state index in [0.29, 0.717) is 44.7 Å². The van der Waals surface area contributed by atoms with Crippen LogP contribution < -0.4 is 9.47 Å². The zero-order valence-electron chi connectivity index (χ0n) is 17.2. The first-order valence-electron chi connectivity index (χ1n) is 10.00. The molecule has 0 spiro atoms. The largest absolute Gasteiger partial charge is 0.493 e. The smallest absolute Gasteiger partial charge is 0.218 e. The lowest BCUT2D eigenvalue weighted by molar-refractivity contribution is -0.0308. The number of hydrogen-bond donors (Lipinski definition) is 1. The summed E-state index contributed by atoms with van der Waals surface area (Å²) in [5, 5.41) is 10.9. The lowest BCUT2D eigenvalue weighted by Crippen LogP contribution is -2.42. The van der Waals surface area contributed by atoms with Gasteiger partial charge < -0.3 is 14.6 Å². The molecule has 1 aromatic heterocycles. The summed E-state index contributed by atoms with van der Waals surface area (Å²) < 4.78 is 25.4. The molecule has 0 saturated carbocycles. The first-order chi connectivity index (χ1) is 14.0. The van der Waals surface area contributed by atoms with Crippen LogP contribution in [0.2, 0.25) is 0 Å². The van der Waals surface area contributed by atoms with Gasteiger partial charge in [-0.05, 0) is 43.9 Å². The SMILES string of the molecule is C=CCc1cc(CN2CCC(O)(c3cccnc3F)CC2)cc(OC)c1OCC. The molecule has 6 heteroatoms. The van der Waals surface area contributed by atoms with Crippen LogP contribution in [-0.4, -0.2) is 41.8 Å². The van der Waals surface area contributed by atoms with E-state index >= 15 is 0 Å². The molecule has 3 rings (SSSR count). The summed E-state index contributed by atoms with van der Waals surface area (Å²) in [5.74, 6) is 0.889. The lowest BCUT2D eigenvalue weighted by Gasteiger charge is -2.38. The van der Waals surface area contributed by atoms with Gasteiger partial charge in [0, 0.05) is 37.0 Å². The maximum Gasteiger partial charge on any atom is 0.218 e. The topological polar surface area (TPSA) is 54.8 Å². The van der Waals surface area contributed by atoms with Crippen molar-refractivity contribution in [2.45, 2.75) is 38.3 Å². The van der Waals surface area contributed by atoms with Crippen LogP contribution in [0.5, 0.6) is 11.5 Å². The lowest BCUT2D eigenvalue weighted by atomic mass is 9.85. The number of methoxy groups -OCH3 is 1. The van der Waals surface area contributed by atoms with Crippen LogP contribution in [0.1, 0.15) is 36.5 Å². The van der Waals surface area contributed by atoms with Crippen molar-refractivity contribution in [2.75, 3.05) is 26.8 Å². The van der Waals surface area contributed by atoms with E-state index in [1.54, 1.807) is 19.2 Å². The molecule has 0 unspecified atom stereocenters. The number of aliphatic hydroxyl groups is 1. The molecule has 2 heterocycles. The summed E-state index contributed by atoms with van der Waals surface area (Å²) in [4.78, 5) is 5.94. The van der Waals surface area contributed by atoms with Gasteiger partial charge in [0.25, 0.3) is 0 Å². The maximum atomic E-state index is 14.0. The molecule has 0 bridgehead atoms. The zero-order chi connectivity index (χ0) is 20.9. The maximum absolute atomic E-state index is 14.0. The average molecular weight is 400 g/mol. The van der Waals surface area contributed by atoms with Crippen molar-refractivity contribution in [3.8, 4) is 11.5 Å². The number of piperidine rings is 1. The highest BCUT2D eigenvalue weighted by molar-refractivity contribution is 5.50. The Morgan fingerprint density at radius 2 is 2.10 bits per heavy atom. The minimum absolute atomic E-state index is 0.288. The minimum Gasteiger partial charge on any atom is -0.493 e. The van der Waals surface area contributed by atoms with E-state index in [2.05, 4.69) is 22.5 Å². The third kappa shape index (κ3) is 4.77. The monoisotopic (exact) mass is 400 g/mol. The van der Waals surface area contributed by atoms with Gasteiger partial charge in [-0.1, -0.05) is 18.2 Å². The molecule has 29 heavy (non-hydrogen) atoms. The van der Waals surface area contributed by atoms with Crippen molar-refractivity contribution in [3.63, 3.8) is 0 Å². The predicted octanol–water partition coefficient (Wildman–Crippen LogP) is 3.84. The van der Waals surface area contributed by atoms with E-state index in [0.717, 1.165) is 23.4 Å². The Morgan fingerprint density at radius 3 is 2.72 bits per heavy atom. The fourth-order valence-electron chi connectivity index (χ4n) is 3.92. The molecule has 0 amide bonds. The zero-order valence-corrected chi connectivity index (χ0v) is 17.2. The number of halogens is 1. The van der Waals surface area contributed by atoms with Crippen LogP contribution in [0.4, 0.5) is 4.39 Å². The quantitative estimate of drug-likeness (QED) is 0.539. The molecule has 1 aliphatic rings. The van der Waals surface area contributed by atoms with Crippen LogP contribution in [0.25, 0.3) is 0 Å². The van der Waals surface area contributed by atoms with Gasteiger partial charge in [0.15, 0.2) is 11.5 Å². The number of benzene rings is 1. The second kappa shape index (κ2) is 9.37. The number of pyridine rings is 1. The highest BCUT2D eigenvalue weighted by Gasteiger charge is 2.36. The van der Waals surface area contributed by atoms with E-state index < -0.39 is 11.5 Å². The number of allylic oxidation sites excluding steroid dienone is 1. The number of rotatable bonds is 8. The van der Waals surface area contributed by atoms with Crippen LogP contribution in [-0.2, 0) is 18.6 Å². The number of aromatic nitrogens is 1. The predicted molar refractivity (Wildman–Crippen MR) is 111 cm³/mol. The van der Waals surface area contributed by atoms with Crippen molar-refractivity contribution >= 4 is 0 Å². The Labute approximate surface area is 171 Å². The summed E-state index contributed by atoms with van der Waals surface area (Å²) >= 11 is 0. The summed E-state index contributed by atoms with van der Waals surface area (Å²) in [7, 11) is 1.64. The van der Waals surface area contributed by atoms with E-state index in [1.165, 1.54) is 6.20 Å². The average Bonchev–Trinajstić information content (AvgIpc) is 2.72. The fraction of sp³-hybridized carbons (Fsp3) is 0.435. The molecule has 1 aliphatic heterocycles. The third-order valence-corrected chi connectivity index (χ3v) is 5.41. The van der Waals surface area contributed by atoms with Gasteiger partial charge in [0.05, 0.1) is 19.3 Å². The van der Waals surface area contributed by atoms with Crippen molar-refractivity contribution in [3.05, 3.63) is 65.8 Å². The molecule has 1 fully saturated rings. The Hall–Kier alpha value is -2.44. The van der Waals surface area contributed by atoms with Crippen LogP contribution >= 0.6 is 0 Å². The number of ether oxygens (including phenoxy) is 2. The van der Waals surface area contributed by atoms with Gasteiger partial charge in [-0.3, -0.25) is 4.90 Å². The molecule has 1 N–H and O–H groups in total. The number of nitrogens with zero attached hydrogens (tertiary/aromatic N) is 2. The summed E-state index contributed by atoms with van der Waals surface area (Å²) in [5.41, 5.74) is 1.28. The second-order valence-electron chi connectivity index (χ2n) is 7.36. The molecule has 5 nitrogen and oxygen atoms in total. The Kier molecular flexibility index (Phi) is 6.87. The first kappa shape index (κ1) is 21.3. The van der Waals surface area contributed by atoms with E-state index in [1.807, 2.05) is 19.1 Å². The Bertz CT molecular complexity index is 848. The molecule has 0 radical (unpaired) electrons. The van der Waals surface area contributed by atoms with Crippen LogP contribution in [0.3, 0.4) is 0 Å². The van der Waals surface area contributed by atoms with Gasteiger partial charge in [-0.2, -0.15) is 4.39 Å². The van der Waals surface area contributed by atoms with Crippen molar-refractivity contribution in [1.82, 2.24) is 9.88 Å². The highest BCUT2D eigenvalue weighted by atomic mass is 19.1. The van der Waals surface area contributed by atoms with Gasteiger partial charge >= 0.3 is 0 Å². The molecule has 2 aromatic rings. The van der Waals surface area contributed by atoms with E-state index in [9.17, 15) is 9.50 Å². The van der Waals surface area contributed by atoms with Gasteiger partial charge in [-0.15, -0.1) is 6.58 Å². The summed E-state index contributed by atoms with van der Waals surface area (Å²) in [6.45, 7) is 8.40. The van der Waals surface area contributed by atoms with Crippen LogP contribution in [0.15, 0.2) is 43.1 Å². The third-order valence-electron chi connectivity index (χ3n) is 5.41. The molecule has 0 atom stereocenters. The fourth-order valence-corrected chi connectivity index (χ4v) is 3.92. The van der Waals surface area contributed by atoms with Crippen molar-refractivity contribution < 1.29 is 19.0 Å². The molecule has 0 aliphatic carbocycles. The number of likely N-dealkylation sites (tertiary alicyclic amines) is 1. The van der Waals surface area contributed by atoms with Crippen molar-refractivity contribution in [2.24, 2.45) is 0 Å². The standard InChI is InChI=1S/C23H29FN2O3/c1-4-7-18-14-17(15-20(28-3)21(18)29-5-2)16-26-12-9-23(27,10-13-26)19-8-6-11-25-22(19)24/h4,6,8,11,14-15,27H,1,5,7,9-10,12-13,16H2,2-3H3. The minimum atomic E-state index is -1.17. The molecular weight excluding hydrogens is 371 g/mol. The van der Waals surface area contributed by atoms with Gasteiger partial charge in [0.1, 0.15) is 0 Å². The van der Waals surface area contributed by atoms with Gasteiger partial charge in [0.2, 0.25) is 5.95 Å². The molecular formula is C23H29FN2O3. The Morgan fingerprint density at radius 1 is 1.34 bits per heavy atom.